The number of rotatable bonds is 47. The molecule has 0 aromatic heterocycles. The van der Waals surface area contributed by atoms with Crippen molar-refractivity contribution in [3.8, 4) is 0 Å². The highest BCUT2D eigenvalue weighted by Crippen LogP contribution is 2.16. The number of carbonyl (C=O) groups is 2. The zero-order valence-corrected chi connectivity index (χ0v) is 38.8. The molecule has 0 saturated carbocycles. The van der Waals surface area contributed by atoms with Gasteiger partial charge >= 0.3 is 5.97 Å². The van der Waals surface area contributed by atoms with Gasteiger partial charge < -0.3 is 20.3 Å². The third kappa shape index (κ3) is 43.9. The van der Waals surface area contributed by atoms with Crippen molar-refractivity contribution in [2.24, 2.45) is 0 Å². The summed E-state index contributed by atoms with van der Waals surface area (Å²) >= 11 is 0. The number of hydrogen-bond acceptors (Lipinski definition) is 5. The van der Waals surface area contributed by atoms with Gasteiger partial charge in [0.15, 0.2) is 0 Å². The van der Waals surface area contributed by atoms with E-state index in [2.05, 4.69) is 31.3 Å². The summed E-state index contributed by atoms with van der Waals surface area (Å²) in [4.78, 5) is 24.4. The highest BCUT2D eigenvalue weighted by Gasteiger charge is 2.18. The molecule has 0 aliphatic rings. The molecule has 0 aromatic carbocycles. The van der Waals surface area contributed by atoms with Gasteiger partial charge in [0.05, 0.1) is 25.4 Å². The van der Waals surface area contributed by atoms with E-state index in [4.69, 9.17) is 4.74 Å². The fourth-order valence-electron chi connectivity index (χ4n) is 7.74. The molecule has 0 aliphatic carbocycles. The Morgan fingerprint density at radius 1 is 0.466 bits per heavy atom. The van der Waals surface area contributed by atoms with Crippen LogP contribution in [0.3, 0.4) is 0 Å². The summed E-state index contributed by atoms with van der Waals surface area (Å²) in [5, 5.41) is 22.9. The molecule has 0 heterocycles. The molecule has 0 spiro atoms. The Balaban J connectivity index is 3.46. The average Bonchev–Trinajstić information content (AvgIpc) is 3.22. The molecule has 0 fully saturated rings. The fourth-order valence-corrected chi connectivity index (χ4v) is 7.74. The lowest BCUT2D eigenvalue weighted by Gasteiger charge is -2.20. The first-order chi connectivity index (χ1) is 28.5. The molecule has 6 nitrogen and oxygen atoms in total. The van der Waals surface area contributed by atoms with Gasteiger partial charge in [0, 0.05) is 12.8 Å². The molecule has 0 bridgehead atoms. The summed E-state index contributed by atoms with van der Waals surface area (Å²) in [5.74, 6) is -0.0937. The zero-order valence-electron chi connectivity index (χ0n) is 38.8. The minimum atomic E-state index is -0.852. The first kappa shape index (κ1) is 56.3. The van der Waals surface area contributed by atoms with Gasteiger partial charge in [-0.25, -0.2) is 0 Å². The minimum Gasteiger partial charge on any atom is -0.466 e. The molecule has 0 radical (unpaired) electrons. The fraction of sp³-hybridized carbons (Fsp3) is 0.885. The number of carbonyl (C=O) groups excluding carboxylic acids is 2. The predicted octanol–water partition coefficient (Wildman–Crippen LogP) is 15.1. The SMILES string of the molecule is CCCCCCCCCC/C=C/C(O)C(CO)NC(=O)CCCCCCCCC/C=C\CCCCCCOC(=O)CCCCCCCCCCCCCCCCCC. The Morgan fingerprint density at radius 3 is 1.22 bits per heavy atom. The second kappa shape index (κ2) is 48.0. The molecule has 58 heavy (non-hydrogen) atoms. The number of nitrogens with one attached hydrogen (secondary N) is 1. The summed E-state index contributed by atoms with van der Waals surface area (Å²) in [6.07, 6.45) is 56.1. The number of aliphatic hydroxyl groups is 2. The number of aliphatic hydroxyl groups excluding tert-OH is 2. The number of esters is 1. The molecular formula is C52H99NO5. The standard InChI is InChI=1S/C52H99NO5/c1-3-5-7-9-11-13-15-16-17-20-23-26-30-34-38-42-46-52(57)58-47-43-39-35-31-27-24-21-18-19-22-25-29-33-37-41-45-51(56)53-49(48-54)50(55)44-40-36-32-28-14-12-10-8-6-4-2/h21,24,40,44,49-50,54-55H,3-20,22-23,25-39,41-43,45-48H2,1-2H3,(H,53,56)/b24-21-,44-40+. The van der Waals surface area contributed by atoms with Gasteiger partial charge in [0.1, 0.15) is 0 Å². The number of amides is 1. The van der Waals surface area contributed by atoms with Crippen LogP contribution in [-0.2, 0) is 14.3 Å². The largest absolute Gasteiger partial charge is 0.466 e. The molecule has 2 atom stereocenters. The maximum Gasteiger partial charge on any atom is 0.305 e. The second-order valence-corrected chi connectivity index (χ2v) is 17.5. The van der Waals surface area contributed by atoms with Crippen molar-refractivity contribution in [2.45, 2.75) is 283 Å². The molecule has 6 heteroatoms. The normalized spacial score (nSPS) is 12.8. The maximum atomic E-state index is 12.4. The Labute approximate surface area is 361 Å². The molecule has 1 amide bonds. The lowest BCUT2D eigenvalue weighted by molar-refractivity contribution is -0.143. The van der Waals surface area contributed by atoms with E-state index in [1.807, 2.05) is 6.08 Å². The molecule has 3 N–H and O–H groups in total. The van der Waals surface area contributed by atoms with Gasteiger partial charge in [-0.1, -0.05) is 224 Å². The van der Waals surface area contributed by atoms with Gasteiger partial charge in [0.25, 0.3) is 0 Å². The Hall–Kier alpha value is -1.66. The van der Waals surface area contributed by atoms with E-state index in [-0.39, 0.29) is 18.5 Å². The van der Waals surface area contributed by atoms with Crippen LogP contribution in [0.25, 0.3) is 0 Å². The second-order valence-electron chi connectivity index (χ2n) is 17.5. The van der Waals surface area contributed by atoms with Crippen LogP contribution >= 0.6 is 0 Å². The van der Waals surface area contributed by atoms with Crippen LogP contribution < -0.4 is 5.32 Å². The maximum absolute atomic E-state index is 12.4. The van der Waals surface area contributed by atoms with E-state index in [9.17, 15) is 19.8 Å². The first-order valence-electron chi connectivity index (χ1n) is 25.6. The van der Waals surface area contributed by atoms with Crippen molar-refractivity contribution in [2.75, 3.05) is 13.2 Å². The van der Waals surface area contributed by atoms with E-state index in [1.165, 1.54) is 173 Å². The monoisotopic (exact) mass is 818 g/mol. The van der Waals surface area contributed by atoms with E-state index >= 15 is 0 Å². The molecule has 0 rings (SSSR count). The van der Waals surface area contributed by atoms with Crippen molar-refractivity contribution in [3.05, 3.63) is 24.3 Å². The van der Waals surface area contributed by atoms with Crippen LogP contribution in [0.5, 0.6) is 0 Å². The van der Waals surface area contributed by atoms with Crippen LogP contribution in [-0.4, -0.2) is 47.4 Å². The van der Waals surface area contributed by atoms with Gasteiger partial charge in [0.2, 0.25) is 5.91 Å². The number of unbranched alkanes of at least 4 members (excludes halogenated alkanes) is 34. The predicted molar refractivity (Wildman–Crippen MR) is 250 cm³/mol. The van der Waals surface area contributed by atoms with Gasteiger partial charge in [-0.2, -0.15) is 0 Å². The summed E-state index contributed by atoms with van der Waals surface area (Å²) in [6, 6.07) is -0.637. The quantitative estimate of drug-likeness (QED) is 0.0323. The molecule has 342 valence electrons. The Morgan fingerprint density at radius 2 is 0.810 bits per heavy atom. The van der Waals surface area contributed by atoms with Gasteiger partial charge in [-0.15, -0.1) is 0 Å². The molecule has 0 saturated heterocycles. The van der Waals surface area contributed by atoms with Crippen molar-refractivity contribution in [3.63, 3.8) is 0 Å². The molecular weight excluding hydrogens is 719 g/mol. The summed E-state index contributed by atoms with van der Waals surface area (Å²) in [7, 11) is 0. The smallest absolute Gasteiger partial charge is 0.305 e. The van der Waals surface area contributed by atoms with Gasteiger partial charge in [-0.05, 0) is 57.8 Å². The zero-order chi connectivity index (χ0) is 42.3. The van der Waals surface area contributed by atoms with E-state index < -0.39 is 12.1 Å². The first-order valence-corrected chi connectivity index (χ1v) is 25.6. The highest BCUT2D eigenvalue weighted by molar-refractivity contribution is 5.76. The lowest BCUT2D eigenvalue weighted by atomic mass is 10.0. The van der Waals surface area contributed by atoms with E-state index in [0.29, 0.717) is 19.4 Å². The highest BCUT2D eigenvalue weighted by atomic mass is 16.5. The summed E-state index contributed by atoms with van der Waals surface area (Å²) in [6.45, 7) is 4.85. The minimum absolute atomic E-state index is 0.00841. The van der Waals surface area contributed by atoms with Crippen molar-refractivity contribution in [1.82, 2.24) is 5.32 Å². The van der Waals surface area contributed by atoms with Crippen LogP contribution in [0.4, 0.5) is 0 Å². The molecule has 0 aliphatic heterocycles. The van der Waals surface area contributed by atoms with E-state index in [0.717, 1.165) is 70.6 Å². The van der Waals surface area contributed by atoms with Crippen LogP contribution in [0.2, 0.25) is 0 Å². The third-order valence-corrected chi connectivity index (χ3v) is 11.7. The van der Waals surface area contributed by atoms with Crippen LogP contribution in [0.15, 0.2) is 24.3 Å². The Bertz CT molecular complexity index is 904. The van der Waals surface area contributed by atoms with Crippen LogP contribution in [0.1, 0.15) is 271 Å². The lowest BCUT2D eigenvalue weighted by Crippen LogP contribution is -2.45. The van der Waals surface area contributed by atoms with Crippen molar-refractivity contribution < 1.29 is 24.5 Å². The van der Waals surface area contributed by atoms with E-state index in [1.54, 1.807) is 6.08 Å². The van der Waals surface area contributed by atoms with Crippen molar-refractivity contribution >= 4 is 11.9 Å². The average molecular weight is 818 g/mol. The number of ether oxygens (including phenoxy) is 1. The number of hydrogen-bond donors (Lipinski definition) is 3. The van der Waals surface area contributed by atoms with Crippen molar-refractivity contribution in [1.29, 1.82) is 0 Å². The summed E-state index contributed by atoms with van der Waals surface area (Å²) in [5.41, 5.74) is 0. The molecule has 0 aromatic rings. The van der Waals surface area contributed by atoms with Crippen LogP contribution in [0, 0.1) is 0 Å². The Kier molecular flexibility index (Phi) is 46.6. The third-order valence-electron chi connectivity index (χ3n) is 11.7. The summed E-state index contributed by atoms with van der Waals surface area (Å²) < 4.78 is 5.46. The topological polar surface area (TPSA) is 95.9 Å². The molecule has 2 unspecified atom stereocenters. The van der Waals surface area contributed by atoms with Gasteiger partial charge in [-0.3, -0.25) is 9.59 Å². The number of allylic oxidation sites excluding steroid dienone is 3.